The zero-order valence-corrected chi connectivity index (χ0v) is 16.3. The molecule has 1 atom stereocenters. The van der Waals surface area contributed by atoms with E-state index >= 15 is 0 Å². The van der Waals surface area contributed by atoms with Crippen molar-refractivity contribution in [1.29, 1.82) is 0 Å². The maximum absolute atomic E-state index is 14.0. The number of aliphatic imine (C=N–C) groups is 1. The molecule has 0 amide bonds. The smallest absolute Gasteiger partial charge is 0.302 e. The molecule has 1 aromatic heterocycles. The molecular weight excluding hydrogens is 379 g/mol. The zero-order valence-electron chi connectivity index (χ0n) is 16.3. The highest BCUT2D eigenvalue weighted by molar-refractivity contribution is 6.15. The lowest BCUT2D eigenvalue weighted by Gasteiger charge is -2.20. The van der Waals surface area contributed by atoms with Crippen LogP contribution >= 0.6 is 0 Å². The molecule has 0 radical (unpaired) electrons. The summed E-state index contributed by atoms with van der Waals surface area (Å²) in [4.78, 5) is 6.61. The molecule has 0 N–H and O–H groups in total. The van der Waals surface area contributed by atoms with Crippen LogP contribution < -0.4 is 0 Å². The summed E-state index contributed by atoms with van der Waals surface area (Å²) in [7, 11) is 3.68. The van der Waals surface area contributed by atoms with Crippen molar-refractivity contribution in [3.63, 3.8) is 0 Å². The van der Waals surface area contributed by atoms with Gasteiger partial charge in [0.15, 0.2) is 11.6 Å². The molecule has 29 heavy (non-hydrogen) atoms. The van der Waals surface area contributed by atoms with E-state index < -0.39 is 17.8 Å². The first-order valence-electron chi connectivity index (χ1n) is 9.20. The second-order valence-corrected chi connectivity index (χ2v) is 7.27. The van der Waals surface area contributed by atoms with Gasteiger partial charge in [0.25, 0.3) is 0 Å². The molecule has 0 spiro atoms. The highest BCUT2D eigenvalue weighted by Gasteiger charge is 2.38. The summed E-state index contributed by atoms with van der Waals surface area (Å²) in [5.74, 6) is 0.838. The van der Waals surface area contributed by atoms with Crippen LogP contribution in [0.5, 0.6) is 0 Å². The zero-order chi connectivity index (χ0) is 20.8. The maximum atomic E-state index is 14.0. The number of alkyl halides is 3. The van der Waals surface area contributed by atoms with Crippen LogP contribution in [-0.2, 0) is 12.7 Å². The average molecular weight is 399 g/mol. The summed E-state index contributed by atoms with van der Waals surface area (Å²) in [6, 6.07) is 13.0. The van der Waals surface area contributed by atoms with Crippen molar-refractivity contribution in [2.24, 2.45) is 4.99 Å². The molecule has 0 saturated heterocycles. The number of hydrogen-bond acceptors (Lipinski definition) is 4. The largest absolute Gasteiger partial charge is 0.418 e. The number of benzene rings is 2. The SMILES string of the molecule is CC1N=C(c2ccccc2)c2cccc(C(F)(F)F)c2-n2c(CN(C)C)nnc21. The number of hydrogen-bond donors (Lipinski definition) is 0. The molecular formula is C21H20F3N5. The molecule has 1 aliphatic rings. The molecule has 1 unspecified atom stereocenters. The first kappa shape index (κ1) is 19.3. The van der Waals surface area contributed by atoms with Gasteiger partial charge in [-0.05, 0) is 27.1 Å². The van der Waals surface area contributed by atoms with Gasteiger partial charge in [0.1, 0.15) is 6.04 Å². The van der Waals surface area contributed by atoms with E-state index in [2.05, 4.69) is 10.2 Å². The minimum Gasteiger partial charge on any atom is -0.302 e. The topological polar surface area (TPSA) is 46.3 Å². The number of aromatic nitrogens is 3. The Morgan fingerprint density at radius 3 is 2.38 bits per heavy atom. The van der Waals surface area contributed by atoms with E-state index in [0.717, 1.165) is 11.6 Å². The number of nitrogens with zero attached hydrogens (tertiary/aromatic N) is 5. The number of halogens is 3. The summed E-state index contributed by atoms with van der Waals surface area (Å²) in [5, 5.41) is 8.40. The second-order valence-electron chi connectivity index (χ2n) is 7.27. The fourth-order valence-electron chi connectivity index (χ4n) is 3.58. The monoisotopic (exact) mass is 399 g/mol. The van der Waals surface area contributed by atoms with Gasteiger partial charge in [-0.1, -0.05) is 42.5 Å². The predicted octanol–water partition coefficient (Wildman–Crippen LogP) is 4.26. The molecule has 8 heteroatoms. The number of rotatable bonds is 3. The summed E-state index contributed by atoms with van der Waals surface area (Å²) < 4.78 is 43.6. The molecule has 1 aliphatic heterocycles. The lowest BCUT2D eigenvalue weighted by molar-refractivity contribution is -0.137. The molecule has 4 rings (SSSR count). The van der Waals surface area contributed by atoms with E-state index in [1.165, 1.54) is 10.6 Å². The Labute approximate surface area is 166 Å². The quantitative estimate of drug-likeness (QED) is 0.661. The summed E-state index contributed by atoms with van der Waals surface area (Å²) >= 11 is 0. The molecule has 0 aliphatic carbocycles. The standard InChI is InChI=1S/C21H20F3N5/c1-13-20-27-26-17(12-28(2)3)29(20)19-15(10-7-11-16(19)21(22,23)24)18(25-13)14-8-5-4-6-9-14/h4-11,13H,12H2,1-3H3. The van der Waals surface area contributed by atoms with Crippen molar-refractivity contribution < 1.29 is 13.2 Å². The Morgan fingerprint density at radius 1 is 1.00 bits per heavy atom. The van der Waals surface area contributed by atoms with E-state index in [-0.39, 0.29) is 5.69 Å². The van der Waals surface area contributed by atoms with Crippen molar-refractivity contribution in [2.45, 2.75) is 25.7 Å². The number of para-hydroxylation sites is 1. The van der Waals surface area contributed by atoms with Crippen molar-refractivity contribution in [3.05, 3.63) is 76.9 Å². The first-order valence-corrected chi connectivity index (χ1v) is 9.20. The van der Waals surface area contributed by atoms with Crippen LogP contribution in [-0.4, -0.2) is 39.5 Å². The first-order chi connectivity index (χ1) is 13.8. The van der Waals surface area contributed by atoms with Gasteiger partial charge in [0, 0.05) is 11.1 Å². The molecule has 3 aromatic rings. The van der Waals surface area contributed by atoms with Crippen LogP contribution in [0.2, 0.25) is 0 Å². The van der Waals surface area contributed by atoms with Crippen LogP contribution in [0, 0.1) is 0 Å². The molecule has 0 saturated carbocycles. The van der Waals surface area contributed by atoms with Crippen LogP contribution in [0.3, 0.4) is 0 Å². The van der Waals surface area contributed by atoms with Crippen molar-refractivity contribution in [1.82, 2.24) is 19.7 Å². The minimum atomic E-state index is -4.53. The van der Waals surface area contributed by atoms with Gasteiger partial charge >= 0.3 is 6.18 Å². The Hall–Kier alpha value is -3.00. The summed E-state index contributed by atoms with van der Waals surface area (Å²) in [5.41, 5.74) is 0.988. The highest BCUT2D eigenvalue weighted by Crippen LogP contribution is 2.40. The van der Waals surface area contributed by atoms with Gasteiger partial charge in [-0.25, -0.2) is 0 Å². The third kappa shape index (κ3) is 3.44. The van der Waals surface area contributed by atoms with Gasteiger partial charge in [-0.2, -0.15) is 13.2 Å². The Kier molecular flexibility index (Phi) is 4.74. The third-order valence-electron chi connectivity index (χ3n) is 4.78. The van der Waals surface area contributed by atoms with Gasteiger partial charge < -0.3 is 4.90 Å². The molecule has 150 valence electrons. The summed E-state index contributed by atoms with van der Waals surface area (Å²) in [6.07, 6.45) is -4.53. The van der Waals surface area contributed by atoms with Crippen molar-refractivity contribution in [2.75, 3.05) is 14.1 Å². The second kappa shape index (κ2) is 7.11. The predicted molar refractivity (Wildman–Crippen MR) is 104 cm³/mol. The van der Waals surface area contributed by atoms with Crippen LogP contribution in [0.1, 0.15) is 41.3 Å². The molecule has 0 fully saturated rings. The van der Waals surface area contributed by atoms with E-state index in [4.69, 9.17) is 4.99 Å². The Bertz CT molecular complexity index is 1070. The van der Waals surface area contributed by atoms with Crippen molar-refractivity contribution in [3.8, 4) is 5.69 Å². The normalized spacial score (nSPS) is 16.2. The van der Waals surface area contributed by atoms with Gasteiger partial charge in [0.05, 0.1) is 23.5 Å². The number of fused-ring (bicyclic) bond motifs is 3. The third-order valence-corrected chi connectivity index (χ3v) is 4.78. The lowest BCUT2D eigenvalue weighted by atomic mass is 9.97. The lowest BCUT2D eigenvalue weighted by Crippen LogP contribution is -2.20. The molecule has 5 nitrogen and oxygen atoms in total. The molecule has 0 bridgehead atoms. The van der Waals surface area contributed by atoms with Gasteiger partial charge in [-0.3, -0.25) is 9.56 Å². The molecule has 2 aromatic carbocycles. The van der Waals surface area contributed by atoms with Crippen LogP contribution in [0.25, 0.3) is 5.69 Å². The Balaban J connectivity index is 2.08. The van der Waals surface area contributed by atoms with Gasteiger partial charge in [-0.15, -0.1) is 10.2 Å². The van der Waals surface area contributed by atoms with Crippen LogP contribution in [0.4, 0.5) is 13.2 Å². The minimum absolute atomic E-state index is 0.0313. The van der Waals surface area contributed by atoms with E-state index in [1.54, 1.807) is 6.07 Å². The van der Waals surface area contributed by atoms with Gasteiger partial charge in [0.2, 0.25) is 0 Å². The fraction of sp³-hybridized carbons (Fsp3) is 0.286. The average Bonchev–Trinajstić information content (AvgIpc) is 3.02. The Morgan fingerprint density at radius 2 is 1.72 bits per heavy atom. The van der Waals surface area contributed by atoms with E-state index in [9.17, 15) is 13.2 Å². The maximum Gasteiger partial charge on any atom is 0.418 e. The van der Waals surface area contributed by atoms with E-state index in [1.807, 2.05) is 56.3 Å². The van der Waals surface area contributed by atoms with E-state index in [0.29, 0.717) is 29.5 Å². The fourth-order valence-corrected chi connectivity index (χ4v) is 3.58. The van der Waals surface area contributed by atoms with Crippen LogP contribution in [0.15, 0.2) is 53.5 Å². The highest BCUT2D eigenvalue weighted by atomic mass is 19.4. The molecule has 2 heterocycles. The summed E-state index contributed by atoms with van der Waals surface area (Å²) in [6.45, 7) is 2.17. The van der Waals surface area contributed by atoms with Crippen molar-refractivity contribution >= 4 is 5.71 Å².